The molecule has 0 aliphatic carbocycles. The first kappa shape index (κ1) is 10.7. The molecular weight excluding hydrogens is 164 g/mol. The van der Waals surface area contributed by atoms with E-state index in [1.165, 1.54) is 6.42 Å². The zero-order chi connectivity index (χ0) is 9.52. The maximum atomic E-state index is 9.30. The summed E-state index contributed by atoms with van der Waals surface area (Å²) in [5.74, 6) is 0. The van der Waals surface area contributed by atoms with E-state index in [1.807, 2.05) is 0 Å². The van der Waals surface area contributed by atoms with Gasteiger partial charge in [-0.3, -0.25) is 0 Å². The second kappa shape index (κ2) is 6.13. The van der Waals surface area contributed by atoms with E-state index in [9.17, 15) is 5.11 Å². The number of nitrogens with zero attached hydrogens (tertiary/aromatic N) is 1. The average Bonchev–Trinajstić information content (AvgIpc) is 2.42. The molecule has 1 aliphatic rings. The molecule has 1 aliphatic heterocycles. The molecule has 0 aromatic rings. The summed E-state index contributed by atoms with van der Waals surface area (Å²) in [7, 11) is 0. The van der Waals surface area contributed by atoms with Crippen molar-refractivity contribution in [3.05, 3.63) is 12.7 Å². The molecule has 0 saturated carbocycles. The highest BCUT2D eigenvalue weighted by Gasteiger charge is 2.09. The zero-order valence-electron chi connectivity index (χ0n) is 8.21. The Morgan fingerprint density at radius 3 is 3.08 bits per heavy atom. The van der Waals surface area contributed by atoms with E-state index in [0.717, 1.165) is 39.1 Å². The normalized spacial score (nSPS) is 22.2. The molecule has 0 aromatic carbocycles. The van der Waals surface area contributed by atoms with Crippen LogP contribution in [-0.4, -0.2) is 48.8 Å². The second-order valence-corrected chi connectivity index (χ2v) is 3.54. The van der Waals surface area contributed by atoms with Crippen molar-refractivity contribution in [2.45, 2.75) is 18.9 Å². The Kier molecular flexibility index (Phi) is 5.05. The third-order valence-electron chi connectivity index (χ3n) is 2.45. The fraction of sp³-hybridized carbons (Fsp3) is 0.800. The first-order valence-electron chi connectivity index (χ1n) is 5.06. The lowest BCUT2D eigenvalue weighted by molar-refractivity contribution is 0.181. The third-order valence-corrected chi connectivity index (χ3v) is 2.45. The minimum absolute atomic E-state index is 0.337. The molecule has 0 unspecified atom stereocenters. The highest BCUT2D eigenvalue weighted by molar-refractivity contribution is 4.79. The summed E-state index contributed by atoms with van der Waals surface area (Å²) in [6.45, 7) is 8.99. The standard InChI is InChI=1S/C10H20N2O/c1-2-10(13)4-8-12-7-3-5-11-6-9-12/h2,10-11,13H,1,3-9H2/t10-/m1/s1. The van der Waals surface area contributed by atoms with Crippen LogP contribution in [0.5, 0.6) is 0 Å². The van der Waals surface area contributed by atoms with Gasteiger partial charge in [0.05, 0.1) is 6.10 Å². The summed E-state index contributed by atoms with van der Waals surface area (Å²) in [5, 5.41) is 12.7. The highest BCUT2D eigenvalue weighted by Crippen LogP contribution is 2.00. The molecule has 1 fully saturated rings. The van der Waals surface area contributed by atoms with Crippen molar-refractivity contribution >= 4 is 0 Å². The average molecular weight is 184 g/mol. The second-order valence-electron chi connectivity index (χ2n) is 3.54. The van der Waals surface area contributed by atoms with Crippen LogP contribution in [0.4, 0.5) is 0 Å². The topological polar surface area (TPSA) is 35.5 Å². The van der Waals surface area contributed by atoms with Gasteiger partial charge < -0.3 is 15.3 Å². The van der Waals surface area contributed by atoms with Crippen LogP contribution in [0.25, 0.3) is 0 Å². The van der Waals surface area contributed by atoms with Crippen LogP contribution in [0.1, 0.15) is 12.8 Å². The van der Waals surface area contributed by atoms with Gasteiger partial charge in [-0.25, -0.2) is 0 Å². The van der Waals surface area contributed by atoms with Gasteiger partial charge in [0.1, 0.15) is 0 Å². The molecule has 76 valence electrons. The highest BCUT2D eigenvalue weighted by atomic mass is 16.3. The van der Waals surface area contributed by atoms with Gasteiger partial charge in [0.15, 0.2) is 0 Å². The summed E-state index contributed by atoms with van der Waals surface area (Å²) in [6.07, 6.45) is 3.29. The maximum Gasteiger partial charge on any atom is 0.0730 e. The molecule has 3 nitrogen and oxygen atoms in total. The first-order chi connectivity index (χ1) is 6.33. The molecule has 0 aromatic heterocycles. The Bertz CT molecular complexity index is 142. The van der Waals surface area contributed by atoms with Crippen molar-refractivity contribution in [3.63, 3.8) is 0 Å². The van der Waals surface area contributed by atoms with Crippen molar-refractivity contribution < 1.29 is 5.11 Å². The summed E-state index contributed by atoms with van der Waals surface area (Å²) >= 11 is 0. The summed E-state index contributed by atoms with van der Waals surface area (Å²) in [4.78, 5) is 2.40. The van der Waals surface area contributed by atoms with Crippen LogP contribution in [-0.2, 0) is 0 Å². The SMILES string of the molecule is C=C[C@@H](O)CCN1CCCNCC1. The van der Waals surface area contributed by atoms with Crippen molar-refractivity contribution in [1.29, 1.82) is 0 Å². The van der Waals surface area contributed by atoms with Gasteiger partial charge >= 0.3 is 0 Å². The lowest BCUT2D eigenvalue weighted by atomic mass is 10.2. The van der Waals surface area contributed by atoms with Crippen LogP contribution in [0.15, 0.2) is 12.7 Å². The molecule has 1 rings (SSSR count). The largest absolute Gasteiger partial charge is 0.389 e. The molecule has 0 amide bonds. The monoisotopic (exact) mass is 184 g/mol. The molecular formula is C10H20N2O. The van der Waals surface area contributed by atoms with E-state index < -0.39 is 0 Å². The van der Waals surface area contributed by atoms with Crippen molar-refractivity contribution in [2.24, 2.45) is 0 Å². The smallest absolute Gasteiger partial charge is 0.0730 e. The molecule has 13 heavy (non-hydrogen) atoms. The Morgan fingerprint density at radius 2 is 2.31 bits per heavy atom. The first-order valence-corrected chi connectivity index (χ1v) is 5.06. The minimum Gasteiger partial charge on any atom is -0.389 e. The predicted octanol–water partition coefficient (Wildman–Crippen LogP) is 0.219. The number of nitrogens with one attached hydrogen (secondary N) is 1. The zero-order valence-corrected chi connectivity index (χ0v) is 8.21. The summed E-state index contributed by atoms with van der Waals surface area (Å²) in [5.41, 5.74) is 0. The number of aliphatic hydroxyl groups is 1. The van der Waals surface area contributed by atoms with Crippen LogP contribution >= 0.6 is 0 Å². The predicted molar refractivity (Wildman–Crippen MR) is 54.7 cm³/mol. The lowest BCUT2D eigenvalue weighted by Crippen LogP contribution is -2.30. The van der Waals surface area contributed by atoms with Gasteiger partial charge in [-0.15, -0.1) is 6.58 Å². The fourth-order valence-corrected chi connectivity index (χ4v) is 1.56. The summed E-state index contributed by atoms with van der Waals surface area (Å²) < 4.78 is 0. The van der Waals surface area contributed by atoms with E-state index >= 15 is 0 Å². The van der Waals surface area contributed by atoms with E-state index in [1.54, 1.807) is 6.08 Å². The van der Waals surface area contributed by atoms with Crippen LogP contribution in [0, 0.1) is 0 Å². The van der Waals surface area contributed by atoms with Crippen molar-refractivity contribution in [1.82, 2.24) is 10.2 Å². The van der Waals surface area contributed by atoms with Gasteiger partial charge in [-0.1, -0.05) is 6.08 Å². The summed E-state index contributed by atoms with van der Waals surface area (Å²) in [6, 6.07) is 0. The lowest BCUT2D eigenvalue weighted by Gasteiger charge is -2.19. The molecule has 0 spiro atoms. The Labute approximate surface area is 80.4 Å². The van der Waals surface area contributed by atoms with Crippen LogP contribution in [0.3, 0.4) is 0 Å². The minimum atomic E-state index is -0.337. The molecule has 0 radical (unpaired) electrons. The van der Waals surface area contributed by atoms with Gasteiger partial charge in [0, 0.05) is 19.6 Å². The van der Waals surface area contributed by atoms with Crippen molar-refractivity contribution in [2.75, 3.05) is 32.7 Å². The van der Waals surface area contributed by atoms with Gasteiger partial charge in [0.25, 0.3) is 0 Å². The Hall–Kier alpha value is -0.380. The Balaban J connectivity index is 2.14. The van der Waals surface area contributed by atoms with Gasteiger partial charge in [-0.2, -0.15) is 0 Å². The maximum absolute atomic E-state index is 9.30. The van der Waals surface area contributed by atoms with Crippen LogP contribution < -0.4 is 5.32 Å². The number of hydrogen-bond acceptors (Lipinski definition) is 3. The van der Waals surface area contributed by atoms with Gasteiger partial charge in [-0.05, 0) is 25.9 Å². The Morgan fingerprint density at radius 1 is 1.46 bits per heavy atom. The number of rotatable bonds is 4. The number of hydrogen-bond donors (Lipinski definition) is 2. The van der Waals surface area contributed by atoms with E-state index in [4.69, 9.17) is 0 Å². The number of aliphatic hydroxyl groups excluding tert-OH is 1. The van der Waals surface area contributed by atoms with E-state index in [2.05, 4.69) is 16.8 Å². The van der Waals surface area contributed by atoms with Crippen molar-refractivity contribution in [3.8, 4) is 0 Å². The fourth-order valence-electron chi connectivity index (χ4n) is 1.56. The quantitative estimate of drug-likeness (QED) is 0.613. The molecule has 1 heterocycles. The molecule has 1 atom stereocenters. The third kappa shape index (κ3) is 4.41. The molecule has 0 bridgehead atoms. The molecule has 2 N–H and O–H groups in total. The molecule has 3 heteroatoms. The van der Waals surface area contributed by atoms with Gasteiger partial charge in [0.2, 0.25) is 0 Å². The van der Waals surface area contributed by atoms with E-state index in [-0.39, 0.29) is 6.10 Å². The molecule has 1 saturated heterocycles. The van der Waals surface area contributed by atoms with E-state index in [0.29, 0.717) is 0 Å². The van der Waals surface area contributed by atoms with Crippen LogP contribution in [0.2, 0.25) is 0 Å².